The van der Waals surface area contributed by atoms with Gasteiger partial charge < -0.3 is 20.1 Å². The molecule has 1 atom stereocenters. The van der Waals surface area contributed by atoms with Crippen LogP contribution in [0.25, 0.3) is 11.7 Å². The second-order valence-electron chi connectivity index (χ2n) is 8.80. The van der Waals surface area contributed by atoms with Crippen LogP contribution in [-0.2, 0) is 16.1 Å². The molecule has 10 heteroatoms. The van der Waals surface area contributed by atoms with Gasteiger partial charge in [-0.15, -0.1) is 0 Å². The molecule has 1 aliphatic heterocycles. The van der Waals surface area contributed by atoms with Crippen LogP contribution < -0.4 is 10.9 Å². The van der Waals surface area contributed by atoms with E-state index in [4.69, 9.17) is 0 Å². The van der Waals surface area contributed by atoms with E-state index < -0.39 is 23.4 Å². The van der Waals surface area contributed by atoms with Gasteiger partial charge in [-0.3, -0.25) is 19.0 Å². The van der Waals surface area contributed by atoms with Crippen LogP contribution in [0.5, 0.6) is 5.88 Å². The van der Waals surface area contributed by atoms with Crippen molar-refractivity contribution >= 4 is 29.8 Å². The van der Waals surface area contributed by atoms with Crippen LogP contribution in [-0.4, -0.2) is 60.9 Å². The number of hydrogen-bond acceptors (Lipinski definition) is 6. The molecule has 1 unspecified atom stereocenters. The van der Waals surface area contributed by atoms with E-state index in [1.807, 2.05) is 13.8 Å². The first-order valence-electron chi connectivity index (χ1n) is 10.9. The number of likely N-dealkylation sites (tertiary alicyclic amines) is 1. The summed E-state index contributed by atoms with van der Waals surface area (Å²) in [5.41, 5.74) is -0.210. The van der Waals surface area contributed by atoms with Crippen molar-refractivity contribution in [3.05, 3.63) is 33.8 Å². The number of rotatable bonds is 7. The lowest BCUT2D eigenvalue weighted by Gasteiger charge is -2.18. The second kappa shape index (κ2) is 8.60. The largest absolute Gasteiger partial charge is 0.492 e. The molecule has 0 radical (unpaired) electrons. The maximum Gasteiger partial charge on any atom is 0.270 e. The maximum atomic E-state index is 13.2. The van der Waals surface area contributed by atoms with Crippen LogP contribution >= 0.6 is 0 Å². The molecule has 32 heavy (non-hydrogen) atoms. The van der Waals surface area contributed by atoms with Gasteiger partial charge in [-0.2, -0.15) is 9.61 Å². The molecule has 10 nitrogen and oxygen atoms in total. The monoisotopic (exact) mass is 441 g/mol. The van der Waals surface area contributed by atoms with E-state index in [0.29, 0.717) is 30.7 Å². The third kappa shape index (κ3) is 4.04. The number of carbonyl (C=O) groups is 3. The highest BCUT2D eigenvalue weighted by atomic mass is 16.3. The molecule has 1 saturated heterocycles. The summed E-state index contributed by atoms with van der Waals surface area (Å²) in [5.74, 6) is -1.38. The highest BCUT2D eigenvalue weighted by Gasteiger charge is 2.30. The van der Waals surface area contributed by atoms with E-state index >= 15 is 0 Å². The predicted molar refractivity (Wildman–Crippen MR) is 116 cm³/mol. The van der Waals surface area contributed by atoms with Gasteiger partial charge in [0.05, 0.1) is 12.2 Å². The molecule has 0 spiro atoms. The zero-order valence-electron chi connectivity index (χ0n) is 18.2. The number of aromatic hydroxyl groups is 1. The molecular weight excluding hydrogens is 414 g/mol. The summed E-state index contributed by atoms with van der Waals surface area (Å²) in [6.07, 6.45) is 8.18. The molecule has 2 N–H and O–H groups in total. The third-order valence-corrected chi connectivity index (χ3v) is 5.74. The van der Waals surface area contributed by atoms with Crippen molar-refractivity contribution in [3.8, 4) is 5.88 Å². The highest BCUT2D eigenvalue weighted by Crippen LogP contribution is 2.24. The van der Waals surface area contributed by atoms with Crippen LogP contribution in [0.1, 0.15) is 55.5 Å². The van der Waals surface area contributed by atoms with Crippen LogP contribution in [0, 0.1) is 5.92 Å². The molecule has 1 aliphatic carbocycles. The second-order valence-corrected chi connectivity index (χ2v) is 8.80. The Labute approximate surface area is 184 Å². The maximum absolute atomic E-state index is 13.2. The first-order chi connectivity index (χ1) is 15.3. The summed E-state index contributed by atoms with van der Waals surface area (Å²) >= 11 is 0. The first-order valence-corrected chi connectivity index (χ1v) is 10.9. The Kier molecular flexibility index (Phi) is 5.86. The first kappa shape index (κ1) is 21.8. The van der Waals surface area contributed by atoms with Gasteiger partial charge in [0.15, 0.2) is 5.56 Å². The van der Waals surface area contributed by atoms with Crippen molar-refractivity contribution in [1.82, 2.24) is 24.4 Å². The molecule has 2 amide bonds. The summed E-state index contributed by atoms with van der Waals surface area (Å²) in [5, 5.41) is 17.6. The fourth-order valence-electron chi connectivity index (χ4n) is 4.01. The topological polar surface area (TPSA) is 126 Å². The lowest BCUT2D eigenvalue weighted by atomic mass is 10.2. The Hall–Kier alpha value is -3.43. The Balaban J connectivity index is 1.76. The smallest absolute Gasteiger partial charge is 0.270 e. The van der Waals surface area contributed by atoms with Crippen molar-refractivity contribution in [2.45, 2.75) is 58.2 Å². The van der Waals surface area contributed by atoms with Gasteiger partial charge in [0, 0.05) is 30.8 Å². The minimum atomic E-state index is -0.619. The van der Waals surface area contributed by atoms with E-state index in [-0.39, 0.29) is 23.4 Å². The summed E-state index contributed by atoms with van der Waals surface area (Å²) in [4.78, 5) is 51.1. The van der Waals surface area contributed by atoms with Gasteiger partial charge in [0.25, 0.3) is 11.5 Å². The number of carbonyl (C=O) groups excluding carboxylic acids is 3. The molecule has 2 aliphatic rings. The zero-order chi connectivity index (χ0) is 23.0. The van der Waals surface area contributed by atoms with Crippen molar-refractivity contribution in [1.29, 1.82) is 0 Å². The average Bonchev–Trinajstić information content (AvgIpc) is 3.26. The summed E-state index contributed by atoms with van der Waals surface area (Å²) in [7, 11) is 0. The number of amides is 2. The molecule has 2 fully saturated rings. The van der Waals surface area contributed by atoms with E-state index in [2.05, 4.69) is 10.4 Å². The van der Waals surface area contributed by atoms with Gasteiger partial charge in [0.1, 0.15) is 11.9 Å². The average molecular weight is 441 g/mol. The number of nitrogens with one attached hydrogen (secondary N) is 1. The Bertz CT molecular complexity index is 1160. The Morgan fingerprint density at radius 2 is 2.06 bits per heavy atom. The summed E-state index contributed by atoms with van der Waals surface area (Å²) in [6, 6.07) is -0.398. The van der Waals surface area contributed by atoms with Crippen molar-refractivity contribution in [3.63, 3.8) is 0 Å². The van der Waals surface area contributed by atoms with Gasteiger partial charge in [-0.1, -0.05) is 13.8 Å². The quantitative estimate of drug-likeness (QED) is 0.487. The number of nitrogens with zero attached hydrogens (tertiary/aromatic N) is 4. The molecule has 3 heterocycles. The summed E-state index contributed by atoms with van der Waals surface area (Å²) in [6.45, 7) is 4.68. The van der Waals surface area contributed by atoms with E-state index in [1.54, 1.807) is 0 Å². The summed E-state index contributed by atoms with van der Waals surface area (Å²) < 4.78 is 2.56. The minimum Gasteiger partial charge on any atom is -0.492 e. The highest BCUT2D eigenvalue weighted by molar-refractivity contribution is 5.97. The Morgan fingerprint density at radius 3 is 2.72 bits per heavy atom. The van der Waals surface area contributed by atoms with E-state index in [1.165, 1.54) is 27.8 Å². The number of hydrogen-bond donors (Lipinski definition) is 2. The van der Waals surface area contributed by atoms with Gasteiger partial charge in [-0.05, 0) is 37.7 Å². The zero-order valence-corrected chi connectivity index (χ0v) is 18.2. The van der Waals surface area contributed by atoms with Crippen LogP contribution in [0.15, 0.2) is 17.1 Å². The van der Waals surface area contributed by atoms with Crippen molar-refractivity contribution in [2.24, 2.45) is 5.92 Å². The van der Waals surface area contributed by atoms with Crippen LogP contribution in [0.4, 0.5) is 0 Å². The predicted octanol–water partition coefficient (Wildman–Crippen LogP) is 0.953. The Morgan fingerprint density at radius 1 is 1.31 bits per heavy atom. The molecule has 170 valence electrons. The SMILES string of the molecule is CC(C)Cn1c(=O)c(C(=O)NC2CC2)c(O)n2ncc(/C=C/C(=O)N3CCCC3C=O)c12. The fraction of sp³-hybridized carbons (Fsp3) is 0.500. The van der Waals surface area contributed by atoms with Gasteiger partial charge in [-0.25, -0.2) is 0 Å². The standard InChI is InChI=1S/C22H27N5O5/c1-13(2)11-26-20-14(5-8-17(29)25-9-3-4-16(25)12-28)10-23-27(20)22(32)18(21(26)31)19(30)24-15-6-7-15/h5,8,10,12-13,15-16,32H,3-4,6-7,9,11H2,1-2H3,(H,24,30)/b8-5+. The van der Waals surface area contributed by atoms with Crippen molar-refractivity contribution in [2.75, 3.05) is 6.54 Å². The molecule has 0 aromatic carbocycles. The fourth-order valence-corrected chi connectivity index (χ4v) is 4.01. The molecule has 2 aromatic rings. The number of aromatic nitrogens is 3. The molecule has 4 rings (SSSR count). The molecule has 1 saturated carbocycles. The van der Waals surface area contributed by atoms with Gasteiger partial charge >= 0.3 is 0 Å². The van der Waals surface area contributed by atoms with E-state index in [0.717, 1.165) is 30.1 Å². The number of fused-ring (bicyclic) bond motifs is 1. The minimum absolute atomic E-state index is 0.0263. The van der Waals surface area contributed by atoms with Crippen molar-refractivity contribution < 1.29 is 19.5 Å². The lowest BCUT2D eigenvalue weighted by Crippen LogP contribution is -2.36. The van der Waals surface area contributed by atoms with Crippen LogP contribution in [0.2, 0.25) is 0 Å². The van der Waals surface area contributed by atoms with Gasteiger partial charge in [0.2, 0.25) is 11.8 Å². The molecular formula is C22H27N5O5. The normalized spacial score (nSPS) is 18.7. The van der Waals surface area contributed by atoms with Crippen LogP contribution in [0.3, 0.4) is 0 Å². The molecule has 0 bridgehead atoms. The number of aldehydes is 1. The molecule has 2 aromatic heterocycles. The lowest BCUT2D eigenvalue weighted by molar-refractivity contribution is -0.129. The third-order valence-electron chi connectivity index (χ3n) is 5.74. The van der Waals surface area contributed by atoms with E-state index in [9.17, 15) is 24.3 Å².